The summed E-state index contributed by atoms with van der Waals surface area (Å²) in [6, 6.07) is 8.74. The van der Waals surface area contributed by atoms with Crippen LogP contribution in [0.3, 0.4) is 0 Å². The van der Waals surface area contributed by atoms with Crippen LogP contribution in [-0.4, -0.2) is 30.3 Å². The molecular formula is C16H24BrClN2OS. The molecule has 3 nitrogen and oxygen atoms in total. The van der Waals surface area contributed by atoms with Crippen LogP contribution >= 0.6 is 40.1 Å². The first-order valence-electron chi connectivity index (χ1n) is 7.48. The van der Waals surface area contributed by atoms with E-state index in [4.69, 9.17) is 0 Å². The number of carbonyl (C=O) groups excluding carboxylic acids is 1. The fourth-order valence-corrected chi connectivity index (χ4v) is 3.73. The van der Waals surface area contributed by atoms with E-state index in [1.807, 2.05) is 12.1 Å². The SMILES string of the molecule is CC(CNC(=O)[C@H]1CCN[C@@H](C)C1)Sc1ccc(Br)cc1.Cl. The molecule has 1 aromatic rings. The molecule has 1 fully saturated rings. The average molecular weight is 408 g/mol. The third-order valence-electron chi connectivity index (χ3n) is 3.71. The number of thioether (sulfide) groups is 1. The van der Waals surface area contributed by atoms with E-state index in [1.54, 1.807) is 11.8 Å². The van der Waals surface area contributed by atoms with Crippen molar-refractivity contribution in [3.8, 4) is 0 Å². The van der Waals surface area contributed by atoms with Crippen LogP contribution in [0.25, 0.3) is 0 Å². The molecule has 1 heterocycles. The summed E-state index contributed by atoms with van der Waals surface area (Å²) in [6.45, 7) is 5.96. The molecule has 0 aromatic heterocycles. The molecule has 124 valence electrons. The Morgan fingerprint density at radius 3 is 2.77 bits per heavy atom. The highest BCUT2D eigenvalue weighted by atomic mass is 79.9. The molecule has 0 spiro atoms. The summed E-state index contributed by atoms with van der Waals surface area (Å²) in [5.41, 5.74) is 0. The molecule has 1 saturated heterocycles. The van der Waals surface area contributed by atoms with Gasteiger partial charge in [0.05, 0.1) is 0 Å². The van der Waals surface area contributed by atoms with E-state index in [2.05, 4.69) is 52.5 Å². The molecule has 1 unspecified atom stereocenters. The normalized spacial score (nSPS) is 22.5. The number of carbonyl (C=O) groups is 1. The number of benzene rings is 1. The van der Waals surface area contributed by atoms with Crippen LogP contribution in [0.4, 0.5) is 0 Å². The van der Waals surface area contributed by atoms with E-state index in [0.29, 0.717) is 11.3 Å². The number of rotatable bonds is 5. The predicted molar refractivity (Wildman–Crippen MR) is 99.9 cm³/mol. The predicted octanol–water partition coefficient (Wildman–Crippen LogP) is 3.86. The molecular weight excluding hydrogens is 384 g/mol. The van der Waals surface area contributed by atoms with Gasteiger partial charge in [0.1, 0.15) is 0 Å². The molecule has 3 atom stereocenters. The van der Waals surface area contributed by atoms with Crippen LogP contribution in [0.15, 0.2) is 33.6 Å². The van der Waals surface area contributed by atoms with Gasteiger partial charge < -0.3 is 10.6 Å². The van der Waals surface area contributed by atoms with Gasteiger partial charge in [-0.15, -0.1) is 24.2 Å². The fourth-order valence-electron chi connectivity index (χ4n) is 2.55. The topological polar surface area (TPSA) is 41.1 Å². The maximum atomic E-state index is 12.2. The van der Waals surface area contributed by atoms with Crippen molar-refractivity contribution < 1.29 is 4.79 Å². The number of piperidine rings is 1. The van der Waals surface area contributed by atoms with Crippen molar-refractivity contribution in [1.82, 2.24) is 10.6 Å². The minimum Gasteiger partial charge on any atom is -0.355 e. The Balaban J connectivity index is 0.00000242. The molecule has 1 aromatic carbocycles. The molecule has 0 bridgehead atoms. The van der Waals surface area contributed by atoms with Crippen molar-refractivity contribution in [3.63, 3.8) is 0 Å². The molecule has 1 aliphatic heterocycles. The summed E-state index contributed by atoms with van der Waals surface area (Å²) in [5.74, 6) is 0.387. The van der Waals surface area contributed by atoms with Crippen LogP contribution in [0.5, 0.6) is 0 Å². The number of amides is 1. The zero-order valence-electron chi connectivity index (χ0n) is 13.0. The lowest BCUT2D eigenvalue weighted by Gasteiger charge is -2.27. The molecule has 2 rings (SSSR count). The Morgan fingerprint density at radius 2 is 2.14 bits per heavy atom. The molecule has 6 heteroatoms. The molecule has 2 N–H and O–H groups in total. The van der Waals surface area contributed by atoms with E-state index in [9.17, 15) is 4.79 Å². The Morgan fingerprint density at radius 1 is 1.45 bits per heavy atom. The zero-order valence-corrected chi connectivity index (χ0v) is 16.2. The Bertz CT molecular complexity index is 472. The highest BCUT2D eigenvalue weighted by Crippen LogP contribution is 2.24. The summed E-state index contributed by atoms with van der Waals surface area (Å²) in [7, 11) is 0. The first kappa shape index (κ1) is 19.8. The summed E-state index contributed by atoms with van der Waals surface area (Å²) < 4.78 is 1.09. The van der Waals surface area contributed by atoms with Gasteiger partial charge in [-0.2, -0.15) is 0 Å². The van der Waals surface area contributed by atoms with Crippen molar-refractivity contribution >= 4 is 46.0 Å². The first-order chi connectivity index (χ1) is 10.0. The van der Waals surface area contributed by atoms with Gasteiger partial charge in [-0.3, -0.25) is 4.79 Å². The third-order valence-corrected chi connectivity index (χ3v) is 5.35. The number of halogens is 2. The van der Waals surface area contributed by atoms with Crippen LogP contribution < -0.4 is 10.6 Å². The van der Waals surface area contributed by atoms with Crippen molar-refractivity contribution in [2.75, 3.05) is 13.1 Å². The second-order valence-corrected chi connectivity index (χ2v) is 8.13. The standard InChI is InChI=1S/C16H23BrN2OS.ClH/c1-11-9-13(7-8-18-11)16(20)19-10-12(2)21-15-5-3-14(17)4-6-15;/h3-6,11-13,18H,7-10H2,1-2H3,(H,19,20);1H/t11-,12?,13-;/m0./s1. The van der Waals surface area contributed by atoms with Gasteiger partial charge in [0.25, 0.3) is 0 Å². The number of nitrogens with one attached hydrogen (secondary N) is 2. The van der Waals surface area contributed by atoms with Crippen LogP contribution in [0, 0.1) is 5.92 Å². The smallest absolute Gasteiger partial charge is 0.223 e. The number of hydrogen-bond donors (Lipinski definition) is 2. The van der Waals surface area contributed by atoms with Crippen LogP contribution in [-0.2, 0) is 4.79 Å². The Hall–Kier alpha value is -0.230. The largest absolute Gasteiger partial charge is 0.355 e. The highest BCUT2D eigenvalue weighted by molar-refractivity contribution is 9.10. The van der Waals surface area contributed by atoms with E-state index < -0.39 is 0 Å². The molecule has 0 radical (unpaired) electrons. The van der Waals surface area contributed by atoms with Crippen molar-refractivity contribution in [2.45, 2.75) is 42.9 Å². The maximum Gasteiger partial charge on any atom is 0.223 e. The summed E-state index contributed by atoms with van der Waals surface area (Å²) in [4.78, 5) is 13.4. The molecule has 0 aliphatic carbocycles. The lowest BCUT2D eigenvalue weighted by Crippen LogP contribution is -2.43. The van der Waals surface area contributed by atoms with Crippen LogP contribution in [0.2, 0.25) is 0 Å². The first-order valence-corrected chi connectivity index (χ1v) is 9.15. The van der Waals surface area contributed by atoms with Crippen LogP contribution in [0.1, 0.15) is 26.7 Å². The summed E-state index contributed by atoms with van der Waals surface area (Å²) >= 11 is 5.23. The molecule has 1 amide bonds. The fraction of sp³-hybridized carbons (Fsp3) is 0.562. The van der Waals surface area contributed by atoms with Gasteiger partial charge in [0.15, 0.2) is 0 Å². The maximum absolute atomic E-state index is 12.2. The van der Waals surface area contributed by atoms with E-state index in [-0.39, 0.29) is 24.2 Å². The monoisotopic (exact) mass is 406 g/mol. The highest BCUT2D eigenvalue weighted by Gasteiger charge is 2.24. The second kappa shape index (κ2) is 9.81. The van der Waals surface area contributed by atoms with Crippen molar-refractivity contribution in [2.24, 2.45) is 5.92 Å². The van der Waals surface area contributed by atoms with Gasteiger partial charge in [-0.1, -0.05) is 22.9 Å². The van der Waals surface area contributed by atoms with Gasteiger partial charge in [0.2, 0.25) is 5.91 Å². The molecule has 1 aliphatic rings. The number of hydrogen-bond acceptors (Lipinski definition) is 3. The van der Waals surface area contributed by atoms with Crippen molar-refractivity contribution in [3.05, 3.63) is 28.7 Å². The summed E-state index contributed by atoms with van der Waals surface area (Å²) in [5, 5.41) is 6.86. The van der Waals surface area contributed by atoms with Gasteiger partial charge in [-0.05, 0) is 50.6 Å². The van der Waals surface area contributed by atoms with E-state index >= 15 is 0 Å². The minimum absolute atomic E-state index is 0. The van der Waals surface area contributed by atoms with E-state index in [1.165, 1.54) is 4.90 Å². The van der Waals surface area contributed by atoms with Gasteiger partial charge in [-0.25, -0.2) is 0 Å². The second-order valence-electron chi connectivity index (χ2n) is 5.70. The molecule has 22 heavy (non-hydrogen) atoms. The Labute approximate surface area is 151 Å². The Kier molecular flexibility index (Phi) is 8.83. The minimum atomic E-state index is 0. The van der Waals surface area contributed by atoms with Gasteiger partial charge >= 0.3 is 0 Å². The zero-order chi connectivity index (χ0) is 15.2. The van der Waals surface area contributed by atoms with Gasteiger partial charge in [0, 0.05) is 33.1 Å². The average Bonchev–Trinajstić information content (AvgIpc) is 2.47. The van der Waals surface area contributed by atoms with Crippen molar-refractivity contribution in [1.29, 1.82) is 0 Å². The van der Waals surface area contributed by atoms with E-state index in [0.717, 1.165) is 30.4 Å². The summed E-state index contributed by atoms with van der Waals surface area (Å²) in [6.07, 6.45) is 1.89. The quantitative estimate of drug-likeness (QED) is 0.728. The lowest BCUT2D eigenvalue weighted by molar-refractivity contribution is -0.126. The third kappa shape index (κ3) is 6.49. The lowest BCUT2D eigenvalue weighted by atomic mass is 9.92. The molecule has 0 saturated carbocycles.